The molecule has 0 fully saturated rings. The first-order valence-electron chi connectivity index (χ1n) is 9.36. The summed E-state index contributed by atoms with van der Waals surface area (Å²) in [5.41, 5.74) is 1.92. The number of nitriles is 1. The third kappa shape index (κ3) is 6.16. The van der Waals surface area contributed by atoms with E-state index in [2.05, 4.69) is 5.32 Å². The second-order valence-electron chi connectivity index (χ2n) is 6.69. The highest BCUT2D eigenvalue weighted by atomic mass is 35.5. The molecule has 1 N–H and O–H groups in total. The Hall–Kier alpha value is -3.68. The first-order valence-corrected chi connectivity index (χ1v) is 9.74. The van der Waals surface area contributed by atoms with Gasteiger partial charge in [-0.1, -0.05) is 11.6 Å². The Morgan fingerprint density at radius 3 is 2.69 bits per heavy atom. The lowest BCUT2D eigenvalue weighted by Gasteiger charge is -2.08. The molecular weight excluding hydrogens is 440 g/mol. The number of carbonyl (C=O) groups is 2. The Morgan fingerprint density at radius 1 is 1.34 bits per heavy atom. The van der Waals surface area contributed by atoms with Crippen LogP contribution in [0.25, 0.3) is 6.08 Å². The maximum atomic E-state index is 12.3. The minimum absolute atomic E-state index is 0.0789. The maximum Gasteiger partial charge on any atom is 0.349 e. The minimum atomic E-state index is -0.966. The largest absolute Gasteiger partial charge is 0.451 e. The van der Waals surface area contributed by atoms with Crippen LogP contribution >= 0.6 is 11.6 Å². The number of esters is 1. The molecule has 0 bridgehead atoms. The topological polar surface area (TPSA) is 136 Å². The molecule has 0 aliphatic carbocycles. The summed E-state index contributed by atoms with van der Waals surface area (Å²) in [6.45, 7) is 4.21. The number of carbonyl (C=O) groups excluding carboxylic acids is 2. The average Bonchev–Trinajstić information content (AvgIpc) is 3.02. The minimum Gasteiger partial charge on any atom is -0.451 e. The van der Waals surface area contributed by atoms with E-state index in [0.29, 0.717) is 18.7 Å². The summed E-state index contributed by atoms with van der Waals surface area (Å²) in [6, 6.07) is 7.33. The molecule has 0 aliphatic rings. The van der Waals surface area contributed by atoms with Crippen molar-refractivity contribution in [2.45, 2.75) is 20.4 Å². The number of aromatic nitrogens is 1. The molecule has 1 heterocycles. The van der Waals surface area contributed by atoms with Crippen LogP contribution < -0.4 is 5.32 Å². The molecule has 0 spiro atoms. The molecule has 32 heavy (non-hydrogen) atoms. The van der Waals surface area contributed by atoms with E-state index in [1.54, 1.807) is 13.2 Å². The third-order valence-corrected chi connectivity index (χ3v) is 4.85. The van der Waals surface area contributed by atoms with Crippen LogP contribution in [0.3, 0.4) is 0 Å². The number of nitrogens with zero attached hydrogens (tertiary/aromatic N) is 3. The number of hydrogen-bond donors (Lipinski definition) is 1. The number of methoxy groups -OCH3 is 1. The lowest BCUT2D eigenvalue weighted by Crippen LogP contribution is -2.21. The van der Waals surface area contributed by atoms with Crippen molar-refractivity contribution in [2.75, 3.05) is 25.6 Å². The number of benzene rings is 1. The summed E-state index contributed by atoms with van der Waals surface area (Å²) < 4.78 is 12.0. The summed E-state index contributed by atoms with van der Waals surface area (Å²) in [6.07, 6.45) is 1.40. The number of ether oxygens (including phenoxy) is 2. The maximum absolute atomic E-state index is 12.3. The predicted molar refractivity (Wildman–Crippen MR) is 117 cm³/mol. The zero-order valence-electron chi connectivity index (χ0n) is 17.7. The smallest absolute Gasteiger partial charge is 0.349 e. The highest BCUT2D eigenvalue weighted by Crippen LogP contribution is 2.27. The second-order valence-corrected chi connectivity index (χ2v) is 7.10. The van der Waals surface area contributed by atoms with Crippen molar-refractivity contribution in [3.63, 3.8) is 0 Å². The van der Waals surface area contributed by atoms with E-state index in [4.69, 9.17) is 21.1 Å². The molecule has 0 atom stereocenters. The molecule has 2 rings (SSSR count). The molecule has 0 radical (unpaired) electrons. The average molecular weight is 461 g/mol. The number of amides is 1. The van der Waals surface area contributed by atoms with Gasteiger partial charge in [-0.25, -0.2) is 4.79 Å². The summed E-state index contributed by atoms with van der Waals surface area (Å²) in [5, 5.41) is 22.6. The van der Waals surface area contributed by atoms with Gasteiger partial charge in [0.05, 0.1) is 11.5 Å². The van der Waals surface area contributed by atoms with Crippen LogP contribution in [0.5, 0.6) is 0 Å². The summed E-state index contributed by atoms with van der Waals surface area (Å²) >= 11 is 5.73. The summed E-state index contributed by atoms with van der Waals surface area (Å²) in [7, 11) is 1.60. The highest BCUT2D eigenvalue weighted by Gasteiger charge is 2.17. The molecule has 11 heteroatoms. The molecule has 0 unspecified atom stereocenters. The second kappa shape index (κ2) is 11.1. The molecule has 1 aromatic heterocycles. The van der Waals surface area contributed by atoms with E-state index in [-0.39, 0.29) is 22.0 Å². The fraction of sp³-hybridized carbons (Fsp3) is 0.286. The lowest BCUT2D eigenvalue weighted by atomic mass is 10.1. The van der Waals surface area contributed by atoms with Crippen LogP contribution in [0, 0.1) is 35.3 Å². The first kappa shape index (κ1) is 24.6. The molecule has 0 aliphatic heterocycles. The van der Waals surface area contributed by atoms with Crippen LogP contribution in [-0.4, -0.2) is 41.7 Å². The van der Waals surface area contributed by atoms with Gasteiger partial charge < -0.3 is 19.4 Å². The van der Waals surface area contributed by atoms with Crippen molar-refractivity contribution < 1.29 is 24.0 Å². The molecule has 1 aromatic carbocycles. The van der Waals surface area contributed by atoms with Gasteiger partial charge in [-0.3, -0.25) is 14.9 Å². The van der Waals surface area contributed by atoms with Crippen LogP contribution in [0.15, 0.2) is 29.8 Å². The van der Waals surface area contributed by atoms with Crippen molar-refractivity contribution in [1.82, 2.24) is 4.57 Å². The van der Waals surface area contributed by atoms with E-state index >= 15 is 0 Å². The van der Waals surface area contributed by atoms with Gasteiger partial charge >= 0.3 is 5.97 Å². The number of aryl methyl sites for hydroxylation is 1. The third-order valence-electron chi connectivity index (χ3n) is 4.53. The van der Waals surface area contributed by atoms with Crippen molar-refractivity contribution in [2.24, 2.45) is 0 Å². The number of nitro benzene ring substituents is 1. The molecule has 0 saturated carbocycles. The number of nitrogens with one attached hydrogen (secondary N) is 1. The number of anilines is 1. The Bertz CT molecular complexity index is 1120. The van der Waals surface area contributed by atoms with Crippen molar-refractivity contribution in [3.05, 3.63) is 61.9 Å². The number of nitro groups is 1. The van der Waals surface area contributed by atoms with Gasteiger partial charge in [0.15, 0.2) is 6.61 Å². The van der Waals surface area contributed by atoms with Gasteiger partial charge in [0.1, 0.15) is 16.7 Å². The number of rotatable bonds is 9. The molecule has 0 saturated heterocycles. The van der Waals surface area contributed by atoms with Gasteiger partial charge in [0, 0.05) is 36.8 Å². The molecular formula is C21H21ClN4O6. The fourth-order valence-corrected chi connectivity index (χ4v) is 3.12. The van der Waals surface area contributed by atoms with Gasteiger partial charge in [0.25, 0.3) is 11.6 Å². The molecule has 10 nitrogen and oxygen atoms in total. The van der Waals surface area contributed by atoms with Crippen LogP contribution in [0.4, 0.5) is 11.4 Å². The van der Waals surface area contributed by atoms with Crippen molar-refractivity contribution in [1.29, 1.82) is 5.26 Å². The zero-order chi connectivity index (χ0) is 23.8. The predicted octanol–water partition coefficient (Wildman–Crippen LogP) is 3.40. The van der Waals surface area contributed by atoms with E-state index in [1.807, 2.05) is 24.5 Å². The van der Waals surface area contributed by atoms with E-state index in [0.717, 1.165) is 17.5 Å². The first-order chi connectivity index (χ1) is 15.2. The van der Waals surface area contributed by atoms with Gasteiger partial charge in [-0.15, -0.1) is 0 Å². The normalized spacial score (nSPS) is 11.0. The number of hydrogen-bond acceptors (Lipinski definition) is 7. The Balaban J connectivity index is 2.05. The van der Waals surface area contributed by atoms with Gasteiger partial charge in [-0.2, -0.15) is 5.26 Å². The zero-order valence-corrected chi connectivity index (χ0v) is 18.4. The summed E-state index contributed by atoms with van der Waals surface area (Å²) in [5.74, 6) is -1.70. The highest BCUT2D eigenvalue weighted by molar-refractivity contribution is 6.32. The Kier molecular flexibility index (Phi) is 8.52. The quantitative estimate of drug-likeness (QED) is 0.199. The van der Waals surface area contributed by atoms with E-state index in [1.165, 1.54) is 18.2 Å². The molecule has 2 aromatic rings. The Labute approximate surface area is 189 Å². The molecule has 168 valence electrons. The number of halogens is 1. The Morgan fingerprint density at radius 2 is 2.06 bits per heavy atom. The van der Waals surface area contributed by atoms with Crippen LogP contribution in [-0.2, 0) is 25.6 Å². The lowest BCUT2D eigenvalue weighted by molar-refractivity contribution is -0.384. The van der Waals surface area contributed by atoms with Crippen LogP contribution in [0.2, 0.25) is 5.02 Å². The van der Waals surface area contributed by atoms with Gasteiger partial charge in [-0.05, 0) is 43.7 Å². The van der Waals surface area contributed by atoms with Crippen molar-refractivity contribution >= 4 is 40.9 Å². The SMILES string of the molecule is COCCn1c(C)cc(/C=C(\C#N)C(=O)OCC(=O)Nc2ccc(Cl)c([N+](=O)[O-])c2)c1C. The summed E-state index contributed by atoms with van der Waals surface area (Å²) in [4.78, 5) is 34.6. The molecule has 1 amide bonds. The standard InChI is InChI=1S/C21H21ClN4O6/c1-13-8-15(14(2)25(13)6-7-31-3)9-16(11-23)21(28)32-12-20(27)24-17-4-5-18(22)19(10-17)26(29)30/h4-5,8-10H,6-7,12H2,1-3H3,(H,24,27)/b16-9+. The monoisotopic (exact) mass is 460 g/mol. The van der Waals surface area contributed by atoms with Crippen molar-refractivity contribution in [3.8, 4) is 6.07 Å². The van der Waals surface area contributed by atoms with E-state index < -0.39 is 23.4 Å². The van der Waals surface area contributed by atoms with Gasteiger partial charge in [0.2, 0.25) is 0 Å². The fourth-order valence-electron chi connectivity index (χ4n) is 2.93. The van der Waals surface area contributed by atoms with E-state index in [9.17, 15) is 25.0 Å². The van der Waals surface area contributed by atoms with Crippen LogP contribution in [0.1, 0.15) is 17.0 Å².